The van der Waals surface area contributed by atoms with E-state index in [4.69, 9.17) is 47.0 Å². The van der Waals surface area contributed by atoms with Gasteiger partial charge in [0.1, 0.15) is 0 Å². The Balaban J connectivity index is 2.03. The summed E-state index contributed by atoms with van der Waals surface area (Å²) in [5.41, 5.74) is 1.67. The lowest BCUT2D eigenvalue weighted by Crippen LogP contribution is -2.27. The van der Waals surface area contributed by atoms with Gasteiger partial charge in [-0.05, 0) is 43.3 Å². The molecule has 2 N–H and O–H groups in total. The van der Waals surface area contributed by atoms with Gasteiger partial charge >= 0.3 is 0 Å². The van der Waals surface area contributed by atoms with E-state index in [-0.39, 0.29) is 0 Å². The van der Waals surface area contributed by atoms with Crippen molar-refractivity contribution >= 4 is 57.8 Å². The van der Waals surface area contributed by atoms with Crippen molar-refractivity contribution in [3.8, 4) is 0 Å². The summed E-state index contributed by atoms with van der Waals surface area (Å²) in [6, 6.07) is 3.35. The average molecular weight is 334 g/mol. The highest BCUT2D eigenvalue weighted by molar-refractivity contribution is 7.80. The van der Waals surface area contributed by atoms with Crippen molar-refractivity contribution < 1.29 is 0 Å². The molecule has 2 rings (SSSR count). The lowest BCUT2D eigenvalue weighted by atomic mass is 10.1. The van der Waals surface area contributed by atoms with Crippen molar-refractivity contribution in [2.24, 2.45) is 0 Å². The van der Waals surface area contributed by atoms with Crippen LogP contribution in [-0.4, -0.2) is 5.11 Å². The SMILES string of the molecule is S=C(NC1=CCCC=C1)Nc1cc(Cl)c(Cl)c(Cl)c1. The van der Waals surface area contributed by atoms with Crippen LogP contribution in [0, 0.1) is 0 Å². The van der Waals surface area contributed by atoms with Gasteiger partial charge in [-0.25, -0.2) is 0 Å². The van der Waals surface area contributed by atoms with Gasteiger partial charge in [0.25, 0.3) is 0 Å². The van der Waals surface area contributed by atoms with Gasteiger partial charge in [0.2, 0.25) is 0 Å². The molecule has 0 heterocycles. The molecule has 0 fully saturated rings. The quantitative estimate of drug-likeness (QED) is 0.577. The normalized spacial score (nSPS) is 13.9. The third kappa shape index (κ3) is 4.11. The first-order valence-corrected chi connectivity index (χ1v) is 7.20. The van der Waals surface area contributed by atoms with E-state index in [1.807, 2.05) is 6.08 Å². The van der Waals surface area contributed by atoms with Crippen LogP contribution in [0.2, 0.25) is 15.1 Å². The Kier molecular flexibility index (Phi) is 5.11. The van der Waals surface area contributed by atoms with Crippen molar-refractivity contribution in [1.29, 1.82) is 0 Å². The third-order valence-electron chi connectivity index (χ3n) is 2.49. The molecule has 2 nitrogen and oxygen atoms in total. The number of hydrogen-bond acceptors (Lipinski definition) is 1. The van der Waals surface area contributed by atoms with Crippen LogP contribution in [0.25, 0.3) is 0 Å². The van der Waals surface area contributed by atoms with E-state index in [9.17, 15) is 0 Å². The van der Waals surface area contributed by atoms with Gasteiger partial charge in [0.05, 0.1) is 15.1 Å². The summed E-state index contributed by atoms with van der Waals surface area (Å²) in [6.07, 6.45) is 8.27. The number of halogens is 3. The highest BCUT2D eigenvalue weighted by Gasteiger charge is 2.07. The van der Waals surface area contributed by atoms with Crippen LogP contribution >= 0.6 is 47.0 Å². The summed E-state index contributed by atoms with van der Waals surface area (Å²) in [6.45, 7) is 0. The number of nitrogens with one attached hydrogen (secondary N) is 2. The Labute approximate surface area is 132 Å². The van der Waals surface area contributed by atoms with Gasteiger partial charge in [-0.3, -0.25) is 0 Å². The van der Waals surface area contributed by atoms with Gasteiger partial charge in [0.15, 0.2) is 5.11 Å². The van der Waals surface area contributed by atoms with Gasteiger partial charge in [-0.2, -0.15) is 0 Å². The second-order valence-corrected chi connectivity index (χ2v) is 5.57. The Bertz CT molecular complexity index is 544. The largest absolute Gasteiger partial charge is 0.333 e. The van der Waals surface area contributed by atoms with E-state index >= 15 is 0 Å². The minimum Gasteiger partial charge on any atom is -0.333 e. The summed E-state index contributed by atoms with van der Waals surface area (Å²) in [5, 5.41) is 7.70. The monoisotopic (exact) mass is 332 g/mol. The molecule has 0 spiro atoms. The Morgan fingerprint density at radius 2 is 1.74 bits per heavy atom. The molecule has 6 heteroatoms. The molecular weight excluding hydrogens is 323 g/mol. The minimum absolute atomic E-state index is 0.339. The third-order valence-corrected chi connectivity index (χ3v) is 3.90. The van der Waals surface area contributed by atoms with Crippen molar-refractivity contribution in [3.63, 3.8) is 0 Å². The standard InChI is InChI=1S/C13H11Cl3N2S/c14-10-6-9(7-11(15)12(10)16)18-13(19)17-8-4-2-1-3-5-8/h2,4-7H,1,3H2,(H2,17,18,19). The average Bonchev–Trinajstić information content (AvgIpc) is 2.37. The molecule has 0 radical (unpaired) electrons. The van der Waals surface area contributed by atoms with E-state index in [2.05, 4.69) is 22.8 Å². The van der Waals surface area contributed by atoms with Crippen molar-refractivity contribution in [3.05, 3.63) is 51.1 Å². The topological polar surface area (TPSA) is 24.1 Å². The van der Waals surface area contributed by atoms with Crippen molar-refractivity contribution in [2.45, 2.75) is 12.8 Å². The zero-order valence-corrected chi connectivity index (χ0v) is 12.9. The van der Waals surface area contributed by atoms with E-state index in [0.717, 1.165) is 18.5 Å². The first kappa shape index (κ1) is 14.7. The molecule has 1 aliphatic rings. The smallest absolute Gasteiger partial charge is 0.175 e. The van der Waals surface area contributed by atoms with Gasteiger partial charge < -0.3 is 10.6 Å². The molecule has 100 valence electrons. The molecule has 0 unspecified atom stereocenters. The van der Waals surface area contributed by atoms with E-state index < -0.39 is 0 Å². The van der Waals surface area contributed by atoms with Crippen LogP contribution < -0.4 is 10.6 Å². The molecule has 0 saturated heterocycles. The Morgan fingerprint density at radius 1 is 1.05 bits per heavy atom. The van der Waals surface area contributed by atoms with Crippen LogP contribution in [-0.2, 0) is 0 Å². The molecule has 0 aliphatic heterocycles. The van der Waals surface area contributed by atoms with Crippen molar-refractivity contribution in [2.75, 3.05) is 5.32 Å². The first-order chi connectivity index (χ1) is 9.06. The van der Waals surface area contributed by atoms with Crippen LogP contribution in [0.4, 0.5) is 5.69 Å². The van der Waals surface area contributed by atoms with E-state index in [0.29, 0.717) is 25.9 Å². The molecule has 19 heavy (non-hydrogen) atoms. The fourth-order valence-electron chi connectivity index (χ4n) is 1.63. The second kappa shape index (κ2) is 6.62. The second-order valence-electron chi connectivity index (χ2n) is 3.97. The predicted molar refractivity (Wildman–Crippen MR) is 87.3 cm³/mol. The Hall–Kier alpha value is -0.740. The van der Waals surface area contributed by atoms with Gasteiger partial charge in [-0.1, -0.05) is 47.0 Å². The number of allylic oxidation sites excluding steroid dienone is 3. The maximum atomic E-state index is 5.95. The molecule has 0 saturated carbocycles. The number of benzene rings is 1. The van der Waals surface area contributed by atoms with Gasteiger partial charge in [0, 0.05) is 11.4 Å². The Morgan fingerprint density at radius 3 is 2.32 bits per heavy atom. The zero-order valence-electron chi connectivity index (χ0n) is 9.84. The minimum atomic E-state index is 0.339. The van der Waals surface area contributed by atoms with Crippen molar-refractivity contribution in [1.82, 2.24) is 5.32 Å². The predicted octanol–water partition coefficient (Wildman–Crippen LogP) is 5.17. The zero-order chi connectivity index (χ0) is 13.8. The number of thiocarbonyl (C=S) groups is 1. The number of hydrogen-bond donors (Lipinski definition) is 2. The fourth-order valence-corrected chi connectivity index (χ4v) is 2.46. The molecule has 0 amide bonds. The molecular formula is C13H11Cl3N2S. The highest BCUT2D eigenvalue weighted by Crippen LogP contribution is 2.33. The van der Waals surface area contributed by atoms with E-state index in [1.165, 1.54) is 0 Å². The van der Waals surface area contributed by atoms with Crippen LogP contribution in [0.15, 0.2) is 36.1 Å². The van der Waals surface area contributed by atoms with E-state index in [1.54, 1.807) is 12.1 Å². The highest BCUT2D eigenvalue weighted by atomic mass is 35.5. The summed E-state index contributed by atoms with van der Waals surface area (Å²) in [4.78, 5) is 0. The lowest BCUT2D eigenvalue weighted by molar-refractivity contribution is 0.987. The molecule has 1 aliphatic carbocycles. The molecule has 1 aromatic rings. The summed E-state index contributed by atoms with van der Waals surface area (Å²) < 4.78 is 0. The summed E-state index contributed by atoms with van der Waals surface area (Å²) in [7, 11) is 0. The first-order valence-electron chi connectivity index (χ1n) is 5.65. The maximum Gasteiger partial charge on any atom is 0.175 e. The number of rotatable bonds is 2. The maximum absolute atomic E-state index is 5.95. The summed E-state index contributed by atoms with van der Waals surface area (Å²) in [5.74, 6) is 0. The lowest BCUT2D eigenvalue weighted by Gasteiger charge is -2.14. The van der Waals surface area contributed by atoms with Gasteiger partial charge in [-0.15, -0.1) is 0 Å². The summed E-state index contributed by atoms with van der Waals surface area (Å²) >= 11 is 23.0. The molecule has 0 atom stereocenters. The molecule has 0 bridgehead atoms. The fraction of sp³-hybridized carbons (Fsp3) is 0.154. The van der Waals surface area contributed by atoms with Crippen LogP contribution in [0.3, 0.4) is 0 Å². The molecule has 1 aromatic carbocycles. The van der Waals surface area contributed by atoms with Crippen LogP contribution in [0.1, 0.15) is 12.8 Å². The van der Waals surface area contributed by atoms with Crippen LogP contribution in [0.5, 0.6) is 0 Å². The number of anilines is 1. The molecule has 0 aromatic heterocycles.